The summed E-state index contributed by atoms with van der Waals surface area (Å²) in [6, 6.07) is 8.76. The molecule has 0 amide bonds. The smallest absolute Gasteiger partial charge is 0.164 e. The van der Waals surface area contributed by atoms with E-state index in [1.165, 1.54) is 11.1 Å². The van der Waals surface area contributed by atoms with Gasteiger partial charge in [0.1, 0.15) is 6.33 Å². The predicted molar refractivity (Wildman–Crippen MR) is 65.2 cm³/mol. The summed E-state index contributed by atoms with van der Waals surface area (Å²) in [6.07, 6.45) is 2.81. The molecule has 3 heteroatoms. The van der Waals surface area contributed by atoms with E-state index < -0.39 is 0 Å². The molecule has 84 valence electrons. The number of rotatable bonds is 3. The summed E-state index contributed by atoms with van der Waals surface area (Å²) in [6.45, 7) is 6.44. The highest BCUT2D eigenvalue weighted by atomic mass is 15.3. The topological polar surface area (TPSA) is 30.7 Å². The molecule has 16 heavy (non-hydrogen) atoms. The number of hydrogen-bond donors (Lipinski definition) is 0. The van der Waals surface area contributed by atoms with Crippen molar-refractivity contribution in [2.24, 2.45) is 0 Å². The molecular weight excluding hydrogens is 198 g/mol. The Labute approximate surface area is 96.1 Å². The maximum Gasteiger partial charge on any atom is 0.164 e. The van der Waals surface area contributed by atoms with Crippen LogP contribution in [0.4, 0.5) is 0 Å². The zero-order valence-corrected chi connectivity index (χ0v) is 10.0. The van der Waals surface area contributed by atoms with Crippen molar-refractivity contribution >= 4 is 0 Å². The van der Waals surface area contributed by atoms with Crippen LogP contribution in [0.2, 0.25) is 0 Å². The van der Waals surface area contributed by atoms with Crippen LogP contribution in [-0.2, 0) is 6.42 Å². The second kappa shape index (κ2) is 4.47. The molecule has 0 bridgehead atoms. The largest absolute Gasteiger partial charge is 0.311 e. The van der Waals surface area contributed by atoms with Crippen LogP contribution in [0, 0.1) is 0 Å². The van der Waals surface area contributed by atoms with Crippen molar-refractivity contribution in [1.82, 2.24) is 14.8 Å². The van der Waals surface area contributed by atoms with Crippen LogP contribution in [0.1, 0.15) is 32.4 Å². The van der Waals surface area contributed by atoms with Gasteiger partial charge in [-0.05, 0) is 25.8 Å². The molecule has 0 aliphatic carbocycles. The molecule has 0 saturated carbocycles. The van der Waals surface area contributed by atoms with Gasteiger partial charge in [0.2, 0.25) is 0 Å². The van der Waals surface area contributed by atoms with E-state index in [4.69, 9.17) is 0 Å². The van der Waals surface area contributed by atoms with Gasteiger partial charge < -0.3 is 4.57 Å². The Kier molecular flexibility index (Phi) is 3.04. The fraction of sp³-hybridized carbons (Fsp3) is 0.385. The third kappa shape index (κ3) is 1.85. The summed E-state index contributed by atoms with van der Waals surface area (Å²) in [7, 11) is 0. The maximum absolute atomic E-state index is 4.23. The van der Waals surface area contributed by atoms with E-state index in [0.717, 1.165) is 12.2 Å². The van der Waals surface area contributed by atoms with Gasteiger partial charge in [-0.3, -0.25) is 0 Å². The van der Waals surface area contributed by atoms with Gasteiger partial charge in [-0.15, -0.1) is 10.2 Å². The lowest BCUT2D eigenvalue weighted by Gasteiger charge is -2.12. The van der Waals surface area contributed by atoms with E-state index in [1.807, 2.05) is 6.07 Å². The molecule has 0 unspecified atom stereocenters. The van der Waals surface area contributed by atoms with Crippen molar-refractivity contribution in [3.63, 3.8) is 0 Å². The molecule has 0 aliphatic heterocycles. The Hall–Kier alpha value is -1.64. The van der Waals surface area contributed by atoms with Crippen LogP contribution >= 0.6 is 0 Å². The molecule has 0 radical (unpaired) electrons. The minimum Gasteiger partial charge on any atom is -0.311 e. The molecule has 0 saturated heterocycles. The van der Waals surface area contributed by atoms with Crippen LogP contribution in [-0.4, -0.2) is 14.8 Å². The van der Waals surface area contributed by atoms with Crippen LogP contribution in [0.5, 0.6) is 0 Å². The average Bonchev–Trinajstić information content (AvgIpc) is 2.77. The molecule has 3 nitrogen and oxygen atoms in total. The molecule has 0 atom stereocenters. The first-order valence-corrected chi connectivity index (χ1v) is 5.71. The van der Waals surface area contributed by atoms with Gasteiger partial charge in [0.15, 0.2) is 5.82 Å². The summed E-state index contributed by atoms with van der Waals surface area (Å²) < 4.78 is 2.11. The number of aryl methyl sites for hydroxylation is 1. The SMILES string of the molecule is CCc1ccccc1-c1nncn1C(C)C. The quantitative estimate of drug-likeness (QED) is 0.787. The lowest BCUT2D eigenvalue weighted by molar-refractivity contribution is 0.604. The average molecular weight is 215 g/mol. The van der Waals surface area contributed by atoms with Gasteiger partial charge in [-0.25, -0.2) is 0 Å². The lowest BCUT2D eigenvalue weighted by Crippen LogP contribution is -2.03. The fourth-order valence-electron chi connectivity index (χ4n) is 1.86. The standard InChI is InChI=1S/C13H17N3/c1-4-11-7-5-6-8-12(11)13-15-14-9-16(13)10(2)3/h5-10H,4H2,1-3H3. The molecular formula is C13H17N3. The summed E-state index contributed by atoms with van der Waals surface area (Å²) in [5.74, 6) is 0.965. The van der Waals surface area contributed by atoms with E-state index in [9.17, 15) is 0 Å². The molecule has 2 aromatic rings. The lowest BCUT2D eigenvalue weighted by atomic mass is 10.0. The van der Waals surface area contributed by atoms with E-state index in [1.54, 1.807) is 6.33 Å². The molecule has 1 heterocycles. The molecule has 1 aromatic carbocycles. The molecule has 2 rings (SSSR count). The van der Waals surface area contributed by atoms with Gasteiger partial charge in [0.25, 0.3) is 0 Å². The van der Waals surface area contributed by atoms with Crippen LogP contribution in [0.25, 0.3) is 11.4 Å². The molecule has 0 spiro atoms. The third-order valence-corrected chi connectivity index (χ3v) is 2.77. The summed E-state index contributed by atoms with van der Waals surface area (Å²) >= 11 is 0. The van der Waals surface area contributed by atoms with Crippen LogP contribution in [0.15, 0.2) is 30.6 Å². The van der Waals surface area contributed by atoms with Gasteiger partial charge in [0, 0.05) is 11.6 Å². The Balaban J connectivity index is 2.54. The fourth-order valence-corrected chi connectivity index (χ4v) is 1.86. The van der Waals surface area contributed by atoms with Gasteiger partial charge in [0.05, 0.1) is 0 Å². The first kappa shape index (κ1) is 10.9. The van der Waals surface area contributed by atoms with E-state index in [-0.39, 0.29) is 0 Å². The van der Waals surface area contributed by atoms with Crippen molar-refractivity contribution in [3.8, 4) is 11.4 Å². The zero-order valence-electron chi connectivity index (χ0n) is 10.0. The Bertz CT molecular complexity index is 472. The highest BCUT2D eigenvalue weighted by Crippen LogP contribution is 2.24. The minimum atomic E-state index is 0.384. The number of aromatic nitrogens is 3. The highest BCUT2D eigenvalue weighted by molar-refractivity contribution is 5.60. The zero-order chi connectivity index (χ0) is 11.5. The first-order valence-electron chi connectivity index (χ1n) is 5.71. The van der Waals surface area contributed by atoms with Crippen molar-refractivity contribution in [2.75, 3.05) is 0 Å². The number of benzene rings is 1. The molecule has 0 N–H and O–H groups in total. The molecule has 0 fully saturated rings. The molecule has 0 aliphatic rings. The van der Waals surface area contributed by atoms with Crippen molar-refractivity contribution in [2.45, 2.75) is 33.2 Å². The summed E-state index contributed by atoms with van der Waals surface area (Å²) in [5, 5.41) is 8.24. The minimum absolute atomic E-state index is 0.384. The Morgan fingerprint density at radius 1 is 1.25 bits per heavy atom. The molecule has 1 aromatic heterocycles. The van der Waals surface area contributed by atoms with Crippen molar-refractivity contribution in [3.05, 3.63) is 36.2 Å². The third-order valence-electron chi connectivity index (χ3n) is 2.77. The van der Waals surface area contributed by atoms with Gasteiger partial charge >= 0.3 is 0 Å². The van der Waals surface area contributed by atoms with Crippen molar-refractivity contribution in [1.29, 1.82) is 0 Å². The van der Waals surface area contributed by atoms with Crippen LogP contribution < -0.4 is 0 Å². The number of nitrogens with zero attached hydrogens (tertiary/aromatic N) is 3. The van der Waals surface area contributed by atoms with Crippen LogP contribution in [0.3, 0.4) is 0 Å². The van der Waals surface area contributed by atoms with E-state index in [0.29, 0.717) is 6.04 Å². The first-order chi connectivity index (χ1) is 7.74. The van der Waals surface area contributed by atoms with Gasteiger partial charge in [-0.2, -0.15) is 0 Å². The second-order valence-electron chi connectivity index (χ2n) is 4.17. The summed E-state index contributed by atoms with van der Waals surface area (Å²) in [4.78, 5) is 0. The Morgan fingerprint density at radius 3 is 2.69 bits per heavy atom. The van der Waals surface area contributed by atoms with E-state index >= 15 is 0 Å². The normalized spacial score (nSPS) is 11.0. The maximum atomic E-state index is 4.23. The van der Waals surface area contributed by atoms with Crippen molar-refractivity contribution < 1.29 is 0 Å². The monoisotopic (exact) mass is 215 g/mol. The summed E-state index contributed by atoms with van der Waals surface area (Å²) in [5.41, 5.74) is 2.51. The van der Waals surface area contributed by atoms with Gasteiger partial charge in [-0.1, -0.05) is 31.2 Å². The predicted octanol–water partition coefficient (Wildman–Crippen LogP) is 3.09. The second-order valence-corrected chi connectivity index (χ2v) is 4.17. The number of hydrogen-bond acceptors (Lipinski definition) is 2. The Morgan fingerprint density at radius 2 is 2.00 bits per heavy atom. The van der Waals surface area contributed by atoms with E-state index in [2.05, 4.69) is 53.7 Å². The highest BCUT2D eigenvalue weighted by Gasteiger charge is 2.11.